The van der Waals surface area contributed by atoms with Crippen LogP contribution in [-0.2, 0) is 0 Å². The third kappa shape index (κ3) is 2.47. The Kier molecular flexibility index (Phi) is 3.29. The maximum atomic E-state index is 11.8. The van der Waals surface area contributed by atoms with Crippen molar-refractivity contribution in [2.45, 2.75) is 6.92 Å². The minimum atomic E-state index is -0.162. The maximum Gasteiger partial charge on any atom is 0.256 e. The number of hydrogen-bond donors (Lipinski definition) is 1. The first-order valence-corrected chi connectivity index (χ1v) is 4.47. The molecule has 1 heterocycles. The Labute approximate surface area is 89.1 Å². The van der Waals surface area contributed by atoms with E-state index in [0.717, 1.165) is 0 Å². The van der Waals surface area contributed by atoms with E-state index < -0.39 is 0 Å². The average molecular weight is 203 g/mol. The van der Waals surface area contributed by atoms with Gasteiger partial charge in [0.05, 0.1) is 29.7 Å². The molecule has 0 saturated heterocycles. The molecule has 4 nitrogen and oxygen atoms in total. The van der Waals surface area contributed by atoms with Gasteiger partial charge in [-0.15, -0.1) is 6.42 Å². The smallest absolute Gasteiger partial charge is 0.256 e. The standard InChI is InChI=1S/C11H13N3O/c1-4-5-14(3)11(15)10-6-9(12)7-13-8(10)2/h1,6-7H,5,12H2,2-3H3. The highest BCUT2D eigenvalue weighted by atomic mass is 16.2. The number of nitrogens with two attached hydrogens (primary N) is 1. The number of aryl methyl sites for hydroxylation is 1. The number of pyridine rings is 1. The van der Waals surface area contributed by atoms with Crippen molar-refractivity contribution in [3.63, 3.8) is 0 Å². The number of anilines is 1. The molecule has 0 spiro atoms. The molecule has 0 saturated carbocycles. The van der Waals surface area contributed by atoms with Gasteiger partial charge in [0.25, 0.3) is 5.91 Å². The number of terminal acetylenes is 1. The number of amides is 1. The van der Waals surface area contributed by atoms with Gasteiger partial charge in [0.15, 0.2) is 0 Å². The van der Waals surface area contributed by atoms with Crippen LogP contribution in [0.3, 0.4) is 0 Å². The van der Waals surface area contributed by atoms with Gasteiger partial charge < -0.3 is 10.6 Å². The van der Waals surface area contributed by atoms with Crippen molar-refractivity contribution in [1.82, 2.24) is 9.88 Å². The molecule has 15 heavy (non-hydrogen) atoms. The van der Waals surface area contributed by atoms with Gasteiger partial charge in [-0.2, -0.15) is 0 Å². The first kappa shape index (κ1) is 11.1. The molecule has 1 rings (SSSR count). The molecule has 0 bridgehead atoms. The van der Waals surface area contributed by atoms with Crippen molar-refractivity contribution < 1.29 is 4.79 Å². The second-order valence-corrected chi connectivity index (χ2v) is 3.27. The zero-order chi connectivity index (χ0) is 11.4. The second-order valence-electron chi connectivity index (χ2n) is 3.27. The number of hydrogen-bond acceptors (Lipinski definition) is 3. The van der Waals surface area contributed by atoms with Gasteiger partial charge in [-0.25, -0.2) is 0 Å². The summed E-state index contributed by atoms with van der Waals surface area (Å²) in [4.78, 5) is 17.3. The van der Waals surface area contributed by atoms with E-state index in [4.69, 9.17) is 12.2 Å². The van der Waals surface area contributed by atoms with E-state index >= 15 is 0 Å². The van der Waals surface area contributed by atoms with Gasteiger partial charge in [-0.1, -0.05) is 5.92 Å². The quantitative estimate of drug-likeness (QED) is 0.719. The molecule has 4 heteroatoms. The van der Waals surface area contributed by atoms with Crippen LogP contribution in [0.5, 0.6) is 0 Å². The lowest BCUT2D eigenvalue weighted by Crippen LogP contribution is -2.27. The lowest BCUT2D eigenvalue weighted by molar-refractivity contribution is 0.0811. The van der Waals surface area contributed by atoms with Crippen LogP contribution in [0.4, 0.5) is 5.69 Å². The van der Waals surface area contributed by atoms with Gasteiger partial charge in [-0.05, 0) is 13.0 Å². The number of rotatable bonds is 2. The van der Waals surface area contributed by atoms with Crippen molar-refractivity contribution in [2.24, 2.45) is 0 Å². The van der Waals surface area contributed by atoms with Gasteiger partial charge >= 0.3 is 0 Å². The summed E-state index contributed by atoms with van der Waals surface area (Å²) < 4.78 is 0. The molecular weight excluding hydrogens is 190 g/mol. The minimum Gasteiger partial charge on any atom is -0.397 e. The minimum absolute atomic E-state index is 0.162. The number of nitrogen functional groups attached to an aromatic ring is 1. The second kappa shape index (κ2) is 4.47. The van der Waals surface area contributed by atoms with E-state index in [0.29, 0.717) is 16.9 Å². The fourth-order valence-electron chi connectivity index (χ4n) is 1.18. The zero-order valence-corrected chi connectivity index (χ0v) is 8.82. The van der Waals surface area contributed by atoms with Crippen LogP contribution in [0, 0.1) is 19.3 Å². The molecule has 0 aromatic carbocycles. The van der Waals surface area contributed by atoms with Crippen LogP contribution >= 0.6 is 0 Å². The molecule has 0 aliphatic rings. The monoisotopic (exact) mass is 203 g/mol. The number of carbonyl (C=O) groups is 1. The third-order valence-corrected chi connectivity index (χ3v) is 2.01. The van der Waals surface area contributed by atoms with Crippen LogP contribution in [0.1, 0.15) is 16.1 Å². The third-order valence-electron chi connectivity index (χ3n) is 2.01. The Bertz CT molecular complexity index is 420. The van der Waals surface area contributed by atoms with Crippen molar-refractivity contribution in [2.75, 3.05) is 19.3 Å². The zero-order valence-electron chi connectivity index (χ0n) is 8.82. The molecule has 0 radical (unpaired) electrons. The van der Waals surface area contributed by atoms with Gasteiger partial charge in [0, 0.05) is 7.05 Å². The lowest BCUT2D eigenvalue weighted by Gasteiger charge is -2.15. The largest absolute Gasteiger partial charge is 0.397 e. The van der Waals surface area contributed by atoms with Crippen molar-refractivity contribution in [3.8, 4) is 12.3 Å². The van der Waals surface area contributed by atoms with Crippen molar-refractivity contribution >= 4 is 11.6 Å². The summed E-state index contributed by atoms with van der Waals surface area (Å²) in [5.41, 5.74) is 7.18. The molecular formula is C11H13N3O. The molecule has 0 fully saturated rings. The lowest BCUT2D eigenvalue weighted by atomic mass is 10.1. The van der Waals surface area contributed by atoms with E-state index in [9.17, 15) is 4.79 Å². The summed E-state index contributed by atoms with van der Waals surface area (Å²) in [7, 11) is 1.64. The molecule has 78 valence electrons. The number of aromatic nitrogens is 1. The van der Waals surface area contributed by atoms with E-state index in [2.05, 4.69) is 10.9 Å². The summed E-state index contributed by atoms with van der Waals surface area (Å²) in [5, 5.41) is 0. The first-order valence-electron chi connectivity index (χ1n) is 4.47. The highest BCUT2D eigenvalue weighted by Gasteiger charge is 2.14. The van der Waals surface area contributed by atoms with Crippen LogP contribution in [0.2, 0.25) is 0 Å². The predicted molar refractivity (Wildman–Crippen MR) is 59.2 cm³/mol. The number of carbonyl (C=O) groups excluding carboxylic acids is 1. The van der Waals surface area contributed by atoms with E-state index in [1.807, 2.05) is 0 Å². The normalized spacial score (nSPS) is 9.40. The van der Waals surface area contributed by atoms with Crippen molar-refractivity contribution in [3.05, 3.63) is 23.5 Å². The highest BCUT2D eigenvalue weighted by Crippen LogP contribution is 2.11. The molecule has 0 atom stereocenters. The summed E-state index contributed by atoms with van der Waals surface area (Å²) in [5.74, 6) is 2.24. The molecule has 0 aliphatic carbocycles. The van der Waals surface area contributed by atoms with Crippen LogP contribution < -0.4 is 5.73 Å². The summed E-state index contributed by atoms with van der Waals surface area (Å²) in [6, 6.07) is 1.61. The average Bonchev–Trinajstić information content (AvgIpc) is 2.21. The molecule has 1 amide bonds. The predicted octanol–water partition coefficient (Wildman–Crippen LogP) is 0.677. The van der Waals surface area contributed by atoms with Crippen LogP contribution in [0.25, 0.3) is 0 Å². The van der Waals surface area contributed by atoms with Crippen LogP contribution in [0.15, 0.2) is 12.3 Å². The Balaban J connectivity index is 3.01. The fourth-order valence-corrected chi connectivity index (χ4v) is 1.18. The molecule has 1 aromatic heterocycles. The Hall–Kier alpha value is -2.02. The summed E-state index contributed by atoms with van der Waals surface area (Å²) in [6.07, 6.45) is 6.65. The summed E-state index contributed by atoms with van der Waals surface area (Å²) >= 11 is 0. The van der Waals surface area contributed by atoms with E-state index in [1.54, 1.807) is 20.0 Å². The maximum absolute atomic E-state index is 11.8. The SMILES string of the molecule is C#CCN(C)C(=O)c1cc(N)cnc1C. The van der Waals surface area contributed by atoms with E-state index in [1.165, 1.54) is 11.1 Å². The van der Waals surface area contributed by atoms with E-state index in [-0.39, 0.29) is 12.5 Å². The summed E-state index contributed by atoms with van der Waals surface area (Å²) in [6.45, 7) is 2.03. The highest BCUT2D eigenvalue weighted by molar-refractivity contribution is 5.95. The number of nitrogens with zero attached hydrogens (tertiary/aromatic N) is 2. The van der Waals surface area contributed by atoms with Gasteiger partial charge in [0.1, 0.15) is 0 Å². The Morgan fingerprint density at radius 2 is 2.40 bits per heavy atom. The van der Waals surface area contributed by atoms with Crippen molar-refractivity contribution in [1.29, 1.82) is 0 Å². The van der Waals surface area contributed by atoms with Gasteiger partial charge in [-0.3, -0.25) is 9.78 Å². The molecule has 1 aromatic rings. The Morgan fingerprint density at radius 3 is 3.00 bits per heavy atom. The topological polar surface area (TPSA) is 59.2 Å². The molecule has 0 aliphatic heterocycles. The Morgan fingerprint density at radius 1 is 1.73 bits per heavy atom. The first-order chi connectivity index (χ1) is 7.06. The van der Waals surface area contributed by atoms with Crippen LogP contribution in [-0.4, -0.2) is 29.4 Å². The molecule has 2 N–H and O–H groups in total. The molecule has 0 unspecified atom stereocenters. The fraction of sp³-hybridized carbons (Fsp3) is 0.273. The van der Waals surface area contributed by atoms with Gasteiger partial charge in [0.2, 0.25) is 0 Å².